The SMILES string of the molecule is NS(=O)(=O)c1ccc(NC(=O)C(=O)NCCc2ccc(O)cc2)cc1. The van der Waals surface area contributed by atoms with E-state index in [1.54, 1.807) is 12.1 Å². The predicted molar refractivity (Wildman–Crippen MR) is 91.3 cm³/mol. The van der Waals surface area contributed by atoms with E-state index in [4.69, 9.17) is 5.14 Å². The van der Waals surface area contributed by atoms with Gasteiger partial charge in [-0.25, -0.2) is 13.6 Å². The van der Waals surface area contributed by atoms with Crippen molar-refractivity contribution in [2.45, 2.75) is 11.3 Å². The third kappa shape index (κ3) is 5.59. The molecule has 5 N–H and O–H groups in total. The summed E-state index contributed by atoms with van der Waals surface area (Å²) in [6, 6.07) is 11.6. The van der Waals surface area contributed by atoms with Crippen LogP contribution in [0.4, 0.5) is 5.69 Å². The van der Waals surface area contributed by atoms with E-state index in [2.05, 4.69) is 10.6 Å². The van der Waals surface area contributed by atoms with Gasteiger partial charge in [-0.3, -0.25) is 9.59 Å². The molecular formula is C16H17N3O5S. The van der Waals surface area contributed by atoms with Gasteiger partial charge in [-0.1, -0.05) is 12.1 Å². The van der Waals surface area contributed by atoms with E-state index in [0.29, 0.717) is 6.42 Å². The van der Waals surface area contributed by atoms with Crippen LogP contribution in [0.1, 0.15) is 5.56 Å². The molecule has 2 aromatic carbocycles. The lowest BCUT2D eigenvalue weighted by atomic mass is 10.1. The number of benzene rings is 2. The van der Waals surface area contributed by atoms with Gasteiger partial charge < -0.3 is 15.7 Å². The Kier molecular flexibility index (Phi) is 5.73. The van der Waals surface area contributed by atoms with Crippen LogP contribution in [0.25, 0.3) is 0 Å². The first kappa shape index (κ1) is 18.4. The molecule has 0 aliphatic rings. The standard InChI is InChI=1S/C16H17N3O5S/c17-25(23,24)14-7-3-12(4-8-14)19-16(22)15(21)18-10-9-11-1-5-13(20)6-2-11/h1-8,20H,9-10H2,(H,18,21)(H,19,22)(H2,17,23,24). The smallest absolute Gasteiger partial charge is 0.313 e. The molecule has 0 saturated heterocycles. The van der Waals surface area contributed by atoms with Crippen LogP contribution in [0.15, 0.2) is 53.4 Å². The largest absolute Gasteiger partial charge is 0.508 e. The number of carbonyl (C=O) groups is 2. The summed E-state index contributed by atoms with van der Waals surface area (Å²) in [4.78, 5) is 23.4. The fourth-order valence-electron chi connectivity index (χ4n) is 1.98. The molecule has 9 heteroatoms. The van der Waals surface area contributed by atoms with Crippen LogP contribution in [-0.4, -0.2) is 31.9 Å². The van der Waals surface area contributed by atoms with Crippen LogP contribution < -0.4 is 15.8 Å². The minimum Gasteiger partial charge on any atom is -0.508 e. The second kappa shape index (κ2) is 7.77. The number of phenols is 1. The second-order valence-electron chi connectivity index (χ2n) is 5.20. The first-order valence-electron chi connectivity index (χ1n) is 7.25. The summed E-state index contributed by atoms with van der Waals surface area (Å²) in [5.74, 6) is -1.52. The molecule has 0 atom stereocenters. The van der Waals surface area contributed by atoms with E-state index in [0.717, 1.165) is 5.56 Å². The average Bonchev–Trinajstić information content (AvgIpc) is 2.56. The fourth-order valence-corrected chi connectivity index (χ4v) is 2.49. The van der Waals surface area contributed by atoms with Crippen molar-refractivity contribution in [2.24, 2.45) is 5.14 Å². The molecule has 0 unspecified atom stereocenters. The van der Waals surface area contributed by atoms with Gasteiger partial charge in [-0.2, -0.15) is 0 Å². The normalized spacial score (nSPS) is 10.9. The highest BCUT2D eigenvalue weighted by molar-refractivity contribution is 7.89. The van der Waals surface area contributed by atoms with Gasteiger partial charge in [0.05, 0.1) is 4.90 Å². The van der Waals surface area contributed by atoms with Crippen molar-refractivity contribution in [3.05, 3.63) is 54.1 Å². The Balaban J connectivity index is 1.83. The van der Waals surface area contributed by atoms with Gasteiger partial charge in [0.25, 0.3) is 0 Å². The molecule has 0 aliphatic heterocycles. The molecule has 0 spiro atoms. The maximum Gasteiger partial charge on any atom is 0.313 e. The van der Waals surface area contributed by atoms with E-state index >= 15 is 0 Å². The van der Waals surface area contributed by atoms with E-state index in [-0.39, 0.29) is 22.9 Å². The molecule has 2 aromatic rings. The number of hydrogen-bond donors (Lipinski definition) is 4. The molecule has 0 saturated carbocycles. The Hall–Kier alpha value is -2.91. The lowest BCUT2D eigenvalue weighted by Crippen LogP contribution is -2.36. The summed E-state index contributed by atoms with van der Waals surface area (Å²) in [6.07, 6.45) is 0.502. The predicted octanol–water partition coefficient (Wildman–Crippen LogP) is 0.337. The van der Waals surface area contributed by atoms with Crippen LogP contribution in [0, 0.1) is 0 Å². The third-order valence-corrected chi connectivity index (χ3v) is 4.21. The highest BCUT2D eigenvalue weighted by Gasteiger charge is 2.14. The average molecular weight is 363 g/mol. The van der Waals surface area contributed by atoms with Crippen LogP contribution in [-0.2, 0) is 26.0 Å². The van der Waals surface area contributed by atoms with Gasteiger partial charge in [0.15, 0.2) is 0 Å². The number of rotatable bonds is 5. The number of amides is 2. The number of primary sulfonamides is 1. The van der Waals surface area contributed by atoms with E-state index in [1.807, 2.05) is 0 Å². The summed E-state index contributed by atoms with van der Waals surface area (Å²) in [6.45, 7) is 0.251. The van der Waals surface area contributed by atoms with Crippen molar-refractivity contribution in [3.63, 3.8) is 0 Å². The molecule has 0 aromatic heterocycles. The second-order valence-corrected chi connectivity index (χ2v) is 6.76. The number of anilines is 1. The summed E-state index contributed by atoms with van der Waals surface area (Å²) in [5, 5.41) is 19.0. The number of hydrogen-bond acceptors (Lipinski definition) is 5. The molecule has 2 rings (SSSR count). The molecule has 8 nitrogen and oxygen atoms in total. The van der Waals surface area contributed by atoms with Crippen LogP contribution in [0.2, 0.25) is 0 Å². The summed E-state index contributed by atoms with van der Waals surface area (Å²) in [7, 11) is -3.81. The Morgan fingerprint density at radius 1 is 0.960 bits per heavy atom. The summed E-state index contributed by atoms with van der Waals surface area (Å²) < 4.78 is 22.3. The minimum atomic E-state index is -3.81. The Morgan fingerprint density at radius 3 is 2.12 bits per heavy atom. The first-order valence-corrected chi connectivity index (χ1v) is 8.80. The minimum absolute atomic E-state index is 0.0937. The quantitative estimate of drug-likeness (QED) is 0.567. The molecule has 2 amide bonds. The van der Waals surface area contributed by atoms with E-state index in [9.17, 15) is 23.1 Å². The lowest BCUT2D eigenvalue weighted by molar-refractivity contribution is -0.136. The Morgan fingerprint density at radius 2 is 1.56 bits per heavy atom. The molecule has 0 fully saturated rings. The van der Waals surface area contributed by atoms with Crippen LogP contribution >= 0.6 is 0 Å². The zero-order valence-electron chi connectivity index (χ0n) is 13.1. The molecular weight excluding hydrogens is 346 g/mol. The highest BCUT2D eigenvalue weighted by Crippen LogP contribution is 2.12. The third-order valence-electron chi connectivity index (χ3n) is 3.28. The number of carbonyl (C=O) groups excluding carboxylic acids is 2. The van der Waals surface area contributed by atoms with Crippen molar-refractivity contribution in [2.75, 3.05) is 11.9 Å². The summed E-state index contributed by atoms with van der Waals surface area (Å²) >= 11 is 0. The van der Waals surface area contributed by atoms with Gasteiger partial charge in [0, 0.05) is 12.2 Å². The van der Waals surface area contributed by atoms with Crippen molar-refractivity contribution >= 4 is 27.5 Å². The maximum atomic E-state index is 11.8. The zero-order valence-corrected chi connectivity index (χ0v) is 13.9. The number of phenolic OH excluding ortho intramolecular Hbond substituents is 1. The molecule has 132 valence electrons. The highest BCUT2D eigenvalue weighted by atomic mass is 32.2. The van der Waals surface area contributed by atoms with Crippen molar-refractivity contribution in [1.82, 2.24) is 5.32 Å². The number of nitrogens with two attached hydrogens (primary N) is 1. The topological polar surface area (TPSA) is 139 Å². The van der Waals surface area contributed by atoms with E-state index in [1.165, 1.54) is 36.4 Å². The number of aromatic hydroxyl groups is 1. The lowest BCUT2D eigenvalue weighted by Gasteiger charge is -2.07. The maximum absolute atomic E-state index is 11.8. The van der Waals surface area contributed by atoms with Gasteiger partial charge >= 0.3 is 11.8 Å². The Bertz CT molecular complexity index is 862. The fraction of sp³-hybridized carbons (Fsp3) is 0.125. The van der Waals surface area contributed by atoms with Gasteiger partial charge in [-0.05, 0) is 48.4 Å². The number of sulfonamides is 1. The molecule has 0 aliphatic carbocycles. The Labute approximate surface area is 144 Å². The summed E-state index contributed by atoms with van der Waals surface area (Å²) in [5.41, 5.74) is 1.17. The molecule has 0 radical (unpaired) electrons. The molecule has 0 bridgehead atoms. The van der Waals surface area contributed by atoms with E-state index < -0.39 is 21.8 Å². The molecule has 25 heavy (non-hydrogen) atoms. The first-order chi connectivity index (χ1) is 11.8. The van der Waals surface area contributed by atoms with Crippen molar-refractivity contribution < 1.29 is 23.1 Å². The number of nitrogens with one attached hydrogen (secondary N) is 2. The van der Waals surface area contributed by atoms with Crippen molar-refractivity contribution in [1.29, 1.82) is 0 Å². The van der Waals surface area contributed by atoms with Gasteiger partial charge in [0.1, 0.15) is 5.75 Å². The van der Waals surface area contributed by atoms with Crippen molar-refractivity contribution in [3.8, 4) is 5.75 Å². The van der Waals surface area contributed by atoms with Crippen LogP contribution in [0.5, 0.6) is 5.75 Å². The molecule has 0 heterocycles. The van der Waals surface area contributed by atoms with Gasteiger partial charge in [-0.15, -0.1) is 0 Å². The van der Waals surface area contributed by atoms with Gasteiger partial charge in [0.2, 0.25) is 10.0 Å². The van der Waals surface area contributed by atoms with Crippen LogP contribution in [0.3, 0.4) is 0 Å². The zero-order chi connectivity index (χ0) is 18.4. The monoisotopic (exact) mass is 363 g/mol.